The molecule has 0 spiro atoms. The van der Waals surface area contributed by atoms with Crippen molar-refractivity contribution in [1.29, 1.82) is 0 Å². The van der Waals surface area contributed by atoms with Crippen molar-refractivity contribution in [3.05, 3.63) is 23.8 Å². The highest BCUT2D eigenvalue weighted by molar-refractivity contribution is 7.89. The maximum absolute atomic E-state index is 12.9. The lowest BCUT2D eigenvalue weighted by molar-refractivity contribution is -0.116. The minimum atomic E-state index is -3.60. The van der Waals surface area contributed by atoms with E-state index in [2.05, 4.69) is 0 Å². The third kappa shape index (κ3) is 4.97. The number of aryl methyl sites for hydroxylation is 1. The van der Waals surface area contributed by atoms with E-state index in [-0.39, 0.29) is 29.3 Å². The molecule has 0 aliphatic carbocycles. The Morgan fingerprint density at radius 3 is 2.58 bits per heavy atom. The molecule has 1 aliphatic heterocycles. The van der Waals surface area contributed by atoms with Gasteiger partial charge in [-0.05, 0) is 42.9 Å². The zero-order valence-corrected chi connectivity index (χ0v) is 17.6. The SMILES string of the molecule is CC(=O)N1CCCc2ccc(S(=O)(=O)N(C)CCC(N)C(C)C)cc21.Cl. The third-order valence-corrected chi connectivity index (χ3v) is 6.75. The van der Waals surface area contributed by atoms with Crippen molar-refractivity contribution in [2.75, 3.05) is 25.0 Å². The van der Waals surface area contributed by atoms with Crippen LogP contribution in [0.25, 0.3) is 0 Å². The van der Waals surface area contributed by atoms with Crippen molar-refractivity contribution < 1.29 is 13.2 Å². The number of nitrogens with zero attached hydrogens (tertiary/aromatic N) is 2. The minimum absolute atomic E-state index is 0. The zero-order chi connectivity index (χ0) is 18.8. The molecule has 6 nitrogen and oxygen atoms in total. The largest absolute Gasteiger partial charge is 0.327 e. The highest BCUT2D eigenvalue weighted by Gasteiger charge is 2.26. The Hall–Kier alpha value is -1.15. The number of benzene rings is 1. The second-order valence-electron chi connectivity index (χ2n) is 7.09. The van der Waals surface area contributed by atoms with Crippen molar-refractivity contribution in [2.45, 2.75) is 51.0 Å². The Morgan fingerprint density at radius 1 is 1.35 bits per heavy atom. The summed E-state index contributed by atoms with van der Waals surface area (Å²) in [5.74, 6) is 0.246. The number of carbonyl (C=O) groups excluding carboxylic acids is 1. The van der Waals surface area contributed by atoms with Crippen LogP contribution in [0.3, 0.4) is 0 Å². The predicted octanol–water partition coefficient (Wildman–Crippen LogP) is 2.40. The van der Waals surface area contributed by atoms with Gasteiger partial charge < -0.3 is 10.6 Å². The Balaban J connectivity index is 0.00000338. The lowest BCUT2D eigenvalue weighted by Gasteiger charge is -2.29. The number of nitrogens with two attached hydrogens (primary N) is 1. The molecule has 1 atom stereocenters. The fourth-order valence-electron chi connectivity index (χ4n) is 3.01. The fraction of sp³-hybridized carbons (Fsp3) is 0.611. The van der Waals surface area contributed by atoms with Gasteiger partial charge in [-0.15, -0.1) is 12.4 Å². The first-order chi connectivity index (χ1) is 11.6. The molecule has 0 aromatic heterocycles. The van der Waals surface area contributed by atoms with Gasteiger partial charge in [0.25, 0.3) is 0 Å². The van der Waals surface area contributed by atoms with E-state index in [0.29, 0.717) is 31.1 Å². The molecular formula is C18H30ClN3O3S. The van der Waals surface area contributed by atoms with Gasteiger partial charge in [0.1, 0.15) is 0 Å². The van der Waals surface area contributed by atoms with Crippen LogP contribution < -0.4 is 10.6 Å². The van der Waals surface area contributed by atoms with Crippen LogP contribution in [-0.2, 0) is 21.2 Å². The van der Waals surface area contributed by atoms with Crippen LogP contribution in [0, 0.1) is 5.92 Å². The van der Waals surface area contributed by atoms with Gasteiger partial charge in [0, 0.05) is 38.8 Å². The van der Waals surface area contributed by atoms with Crippen LogP contribution in [0.5, 0.6) is 0 Å². The minimum Gasteiger partial charge on any atom is -0.327 e. The number of carbonyl (C=O) groups is 1. The van der Waals surface area contributed by atoms with E-state index in [4.69, 9.17) is 5.73 Å². The second-order valence-corrected chi connectivity index (χ2v) is 9.13. The summed E-state index contributed by atoms with van der Waals surface area (Å²) in [6.07, 6.45) is 2.36. The van der Waals surface area contributed by atoms with Gasteiger partial charge in [0.05, 0.1) is 4.90 Å². The highest BCUT2D eigenvalue weighted by atomic mass is 35.5. The van der Waals surface area contributed by atoms with E-state index in [9.17, 15) is 13.2 Å². The molecule has 1 aromatic carbocycles. The first-order valence-electron chi connectivity index (χ1n) is 8.77. The van der Waals surface area contributed by atoms with Gasteiger partial charge in [-0.1, -0.05) is 19.9 Å². The number of rotatable bonds is 6. The van der Waals surface area contributed by atoms with E-state index in [1.807, 2.05) is 19.9 Å². The molecule has 1 unspecified atom stereocenters. The summed E-state index contributed by atoms with van der Waals surface area (Å²) in [7, 11) is -2.03. The van der Waals surface area contributed by atoms with Crippen molar-refractivity contribution in [2.24, 2.45) is 11.7 Å². The average molecular weight is 404 g/mol. The van der Waals surface area contributed by atoms with E-state index in [1.54, 1.807) is 24.1 Å². The summed E-state index contributed by atoms with van der Waals surface area (Å²) in [6, 6.07) is 5.06. The summed E-state index contributed by atoms with van der Waals surface area (Å²) in [6.45, 7) is 6.56. The Labute approximate surface area is 163 Å². The van der Waals surface area contributed by atoms with Crippen LogP contribution >= 0.6 is 12.4 Å². The van der Waals surface area contributed by atoms with Gasteiger partial charge >= 0.3 is 0 Å². The van der Waals surface area contributed by atoms with Crippen molar-refractivity contribution in [3.8, 4) is 0 Å². The van der Waals surface area contributed by atoms with Crippen LogP contribution in [0.4, 0.5) is 5.69 Å². The van der Waals surface area contributed by atoms with Gasteiger partial charge in [-0.3, -0.25) is 4.79 Å². The van der Waals surface area contributed by atoms with Crippen molar-refractivity contribution >= 4 is 34.0 Å². The van der Waals surface area contributed by atoms with Crippen LogP contribution in [-0.4, -0.2) is 44.8 Å². The molecule has 1 heterocycles. The highest BCUT2D eigenvalue weighted by Crippen LogP contribution is 2.30. The van der Waals surface area contributed by atoms with Crippen LogP contribution in [0.1, 0.15) is 39.2 Å². The van der Waals surface area contributed by atoms with E-state index >= 15 is 0 Å². The molecule has 1 amide bonds. The molecule has 8 heteroatoms. The monoisotopic (exact) mass is 403 g/mol. The molecule has 1 aliphatic rings. The number of sulfonamides is 1. The molecule has 2 N–H and O–H groups in total. The van der Waals surface area contributed by atoms with Crippen LogP contribution in [0.15, 0.2) is 23.1 Å². The summed E-state index contributed by atoms with van der Waals surface area (Å²) in [5, 5.41) is 0. The molecule has 0 saturated heterocycles. The number of anilines is 1. The molecule has 2 rings (SSSR count). The van der Waals surface area contributed by atoms with Gasteiger partial charge in [-0.2, -0.15) is 0 Å². The van der Waals surface area contributed by atoms with Gasteiger partial charge in [-0.25, -0.2) is 12.7 Å². The zero-order valence-electron chi connectivity index (χ0n) is 15.9. The van der Waals surface area contributed by atoms with Gasteiger partial charge in [0.2, 0.25) is 15.9 Å². The fourth-order valence-corrected chi connectivity index (χ4v) is 4.21. The lowest BCUT2D eigenvalue weighted by atomic mass is 10.0. The Kier molecular flexibility index (Phi) is 8.07. The second kappa shape index (κ2) is 9.17. The summed E-state index contributed by atoms with van der Waals surface area (Å²) in [4.78, 5) is 13.7. The summed E-state index contributed by atoms with van der Waals surface area (Å²) in [5.41, 5.74) is 7.76. The van der Waals surface area contributed by atoms with Crippen molar-refractivity contribution in [3.63, 3.8) is 0 Å². The molecule has 0 fully saturated rings. The smallest absolute Gasteiger partial charge is 0.242 e. The quantitative estimate of drug-likeness (QED) is 0.790. The number of hydrogen-bond acceptors (Lipinski definition) is 4. The van der Waals surface area contributed by atoms with E-state index in [1.165, 1.54) is 11.2 Å². The molecule has 26 heavy (non-hydrogen) atoms. The van der Waals surface area contributed by atoms with Crippen molar-refractivity contribution in [1.82, 2.24) is 4.31 Å². The molecule has 0 bridgehead atoms. The molecule has 148 valence electrons. The maximum Gasteiger partial charge on any atom is 0.242 e. The third-order valence-electron chi connectivity index (χ3n) is 4.90. The standard InChI is InChI=1S/C18H29N3O3S.ClH/c1-13(2)17(19)9-11-20(4)25(23,24)16-8-7-15-6-5-10-21(14(3)22)18(15)12-16;/h7-8,12-13,17H,5-6,9-11,19H2,1-4H3;1H. The molecule has 0 saturated carbocycles. The van der Waals surface area contributed by atoms with Crippen LogP contribution in [0.2, 0.25) is 0 Å². The maximum atomic E-state index is 12.9. The Morgan fingerprint density at radius 2 is 2.00 bits per heavy atom. The topological polar surface area (TPSA) is 83.7 Å². The number of halogens is 1. The first-order valence-corrected chi connectivity index (χ1v) is 10.2. The predicted molar refractivity (Wildman–Crippen MR) is 107 cm³/mol. The Bertz CT molecular complexity index is 737. The molecule has 0 radical (unpaired) electrons. The molecular weight excluding hydrogens is 374 g/mol. The van der Waals surface area contributed by atoms with E-state index < -0.39 is 10.0 Å². The number of amides is 1. The molecule has 1 aromatic rings. The first kappa shape index (κ1) is 22.9. The van der Waals surface area contributed by atoms with E-state index in [0.717, 1.165) is 18.4 Å². The lowest BCUT2D eigenvalue weighted by Crippen LogP contribution is -2.35. The number of fused-ring (bicyclic) bond motifs is 1. The van der Waals surface area contributed by atoms with Gasteiger partial charge in [0.15, 0.2) is 0 Å². The summed E-state index contributed by atoms with van der Waals surface area (Å²) < 4.78 is 27.1. The average Bonchev–Trinajstić information content (AvgIpc) is 2.57. The number of hydrogen-bond donors (Lipinski definition) is 1. The summed E-state index contributed by atoms with van der Waals surface area (Å²) >= 11 is 0. The normalized spacial score (nSPS) is 15.6.